The SMILES string of the molecule is C[C@H](C(=O)N[C@@H](C)CN1CCN(c2ccccc2)CC1)S(C)(=O)=O. The van der Waals surface area contributed by atoms with E-state index in [2.05, 4.69) is 27.2 Å². The van der Waals surface area contributed by atoms with E-state index in [1.807, 2.05) is 25.1 Å². The largest absolute Gasteiger partial charge is 0.369 e. The van der Waals surface area contributed by atoms with Crippen LogP contribution in [-0.2, 0) is 14.6 Å². The van der Waals surface area contributed by atoms with Crippen molar-refractivity contribution in [1.29, 1.82) is 0 Å². The fourth-order valence-electron chi connectivity index (χ4n) is 2.82. The lowest BCUT2D eigenvalue weighted by molar-refractivity contribution is -0.121. The van der Waals surface area contributed by atoms with Gasteiger partial charge in [0.25, 0.3) is 0 Å². The Balaban J connectivity index is 1.78. The summed E-state index contributed by atoms with van der Waals surface area (Å²) in [5, 5.41) is 1.80. The molecule has 1 amide bonds. The summed E-state index contributed by atoms with van der Waals surface area (Å²) in [7, 11) is -3.35. The Morgan fingerprint density at radius 2 is 1.71 bits per heavy atom. The minimum atomic E-state index is -3.35. The Labute approximate surface area is 144 Å². The van der Waals surface area contributed by atoms with Gasteiger partial charge in [-0.3, -0.25) is 9.69 Å². The second kappa shape index (κ2) is 7.98. The second-order valence-electron chi connectivity index (χ2n) is 6.50. The predicted octanol–water partition coefficient (Wildman–Crippen LogP) is 0.746. The summed E-state index contributed by atoms with van der Waals surface area (Å²) in [6.45, 7) is 7.82. The third-order valence-corrected chi connectivity index (χ3v) is 5.92. The van der Waals surface area contributed by atoms with Gasteiger partial charge in [-0.2, -0.15) is 0 Å². The molecule has 0 aliphatic carbocycles. The fraction of sp³-hybridized carbons (Fsp3) is 0.588. The summed E-state index contributed by atoms with van der Waals surface area (Å²) in [5.74, 6) is -0.423. The molecule has 0 saturated carbocycles. The molecule has 134 valence electrons. The standard InChI is InChI=1S/C17H27N3O3S/c1-14(18-17(21)15(2)24(3,22)23)13-19-9-11-20(12-10-19)16-7-5-4-6-8-16/h4-8,14-15H,9-13H2,1-3H3,(H,18,21)/t14-,15+/m0/s1. The Bertz CT molecular complexity index is 640. The summed E-state index contributed by atoms with van der Waals surface area (Å²) in [5.41, 5.74) is 1.24. The Kier molecular flexibility index (Phi) is 6.23. The monoisotopic (exact) mass is 353 g/mol. The van der Waals surface area contributed by atoms with E-state index < -0.39 is 21.0 Å². The van der Waals surface area contributed by atoms with Crippen LogP contribution in [0.4, 0.5) is 5.69 Å². The van der Waals surface area contributed by atoms with Crippen molar-refractivity contribution < 1.29 is 13.2 Å². The average Bonchev–Trinajstić information content (AvgIpc) is 2.54. The van der Waals surface area contributed by atoms with Crippen LogP contribution >= 0.6 is 0 Å². The number of nitrogens with zero attached hydrogens (tertiary/aromatic N) is 2. The van der Waals surface area contributed by atoms with E-state index in [-0.39, 0.29) is 6.04 Å². The van der Waals surface area contributed by atoms with Gasteiger partial charge in [-0.25, -0.2) is 8.42 Å². The lowest BCUT2D eigenvalue weighted by Gasteiger charge is -2.37. The number of sulfone groups is 1. The molecule has 2 rings (SSSR count). The summed E-state index contributed by atoms with van der Waals surface area (Å²) in [6.07, 6.45) is 1.09. The lowest BCUT2D eigenvalue weighted by atomic mass is 10.2. The molecule has 1 aliphatic heterocycles. The summed E-state index contributed by atoms with van der Waals surface area (Å²) in [4.78, 5) is 16.6. The molecule has 0 radical (unpaired) electrons. The number of piperazine rings is 1. The third-order valence-electron chi connectivity index (χ3n) is 4.43. The van der Waals surface area contributed by atoms with E-state index in [4.69, 9.17) is 0 Å². The Morgan fingerprint density at radius 3 is 2.25 bits per heavy atom. The van der Waals surface area contributed by atoms with Crippen LogP contribution in [0, 0.1) is 0 Å². The lowest BCUT2D eigenvalue weighted by Crippen LogP contribution is -2.52. The normalized spacial score (nSPS) is 18.9. The Morgan fingerprint density at radius 1 is 1.12 bits per heavy atom. The number of amides is 1. The van der Waals surface area contributed by atoms with Gasteiger partial charge in [-0.05, 0) is 26.0 Å². The third kappa shape index (κ3) is 5.21. The second-order valence-corrected chi connectivity index (χ2v) is 8.87. The molecule has 1 aliphatic rings. The van der Waals surface area contributed by atoms with Gasteiger partial charge < -0.3 is 10.2 Å². The van der Waals surface area contributed by atoms with E-state index in [9.17, 15) is 13.2 Å². The maximum absolute atomic E-state index is 12.0. The van der Waals surface area contributed by atoms with Crippen LogP contribution in [0.3, 0.4) is 0 Å². The summed E-state index contributed by atoms with van der Waals surface area (Å²) in [6, 6.07) is 10.3. The van der Waals surface area contributed by atoms with E-state index >= 15 is 0 Å². The number of carbonyl (C=O) groups excluding carboxylic acids is 1. The van der Waals surface area contributed by atoms with Crippen LogP contribution in [-0.4, -0.2) is 69.5 Å². The van der Waals surface area contributed by atoms with Gasteiger partial charge in [0.1, 0.15) is 5.25 Å². The van der Waals surface area contributed by atoms with Crippen LogP contribution in [0.15, 0.2) is 30.3 Å². The molecule has 7 heteroatoms. The molecule has 1 aromatic rings. The first-order valence-corrected chi connectivity index (χ1v) is 10.2. The molecule has 1 saturated heterocycles. The van der Waals surface area contributed by atoms with Gasteiger partial charge in [0, 0.05) is 50.7 Å². The van der Waals surface area contributed by atoms with E-state index in [0.717, 1.165) is 39.0 Å². The number of rotatable bonds is 6. The molecule has 6 nitrogen and oxygen atoms in total. The zero-order chi connectivity index (χ0) is 17.7. The first-order valence-electron chi connectivity index (χ1n) is 8.29. The zero-order valence-corrected chi connectivity index (χ0v) is 15.4. The molecule has 0 aromatic heterocycles. The fourth-order valence-corrected chi connectivity index (χ4v) is 3.27. The first kappa shape index (κ1) is 18.7. The number of carbonyl (C=O) groups is 1. The predicted molar refractivity (Wildman–Crippen MR) is 97.0 cm³/mol. The highest BCUT2D eigenvalue weighted by Crippen LogP contribution is 2.15. The van der Waals surface area contributed by atoms with Crippen molar-refractivity contribution in [3.05, 3.63) is 30.3 Å². The van der Waals surface area contributed by atoms with Crippen molar-refractivity contribution in [3.63, 3.8) is 0 Å². The van der Waals surface area contributed by atoms with E-state index in [1.54, 1.807) is 0 Å². The van der Waals surface area contributed by atoms with Gasteiger partial charge in [0.15, 0.2) is 9.84 Å². The highest BCUT2D eigenvalue weighted by Gasteiger charge is 2.25. The molecule has 2 atom stereocenters. The number of benzene rings is 1. The number of hydrogen-bond donors (Lipinski definition) is 1. The molecular formula is C17H27N3O3S. The van der Waals surface area contributed by atoms with Gasteiger partial charge in [-0.1, -0.05) is 18.2 Å². The molecular weight excluding hydrogens is 326 g/mol. The van der Waals surface area contributed by atoms with Gasteiger partial charge >= 0.3 is 0 Å². The molecule has 1 N–H and O–H groups in total. The smallest absolute Gasteiger partial charge is 0.238 e. The average molecular weight is 353 g/mol. The highest BCUT2D eigenvalue weighted by atomic mass is 32.2. The molecule has 0 unspecified atom stereocenters. The van der Waals surface area contributed by atoms with Crippen LogP contribution in [0.1, 0.15) is 13.8 Å². The minimum Gasteiger partial charge on any atom is -0.369 e. The van der Waals surface area contributed by atoms with Crippen LogP contribution < -0.4 is 10.2 Å². The van der Waals surface area contributed by atoms with Gasteiger partial charge in [-0.15, -0.1) is 0 Å². The minimum absolute atomic E-state index is 0.0787. The molecule has 1 heterocycles. The number of anilines is 1. The van der Waals surface area contributed by atoms with Crippen molar-refractivity contribution in [2.45, 2.75) is 25.1 Å². The van der Waals surface area contributed by atoms with Crippen LogP contribution in [0.2, 0.25) is 0 Å². The number of para-hydroxylation sites is 1. The van der Waals surface area contributed by atoms with Crippen LogP contribution in [0.25, 0.3) is 0 Å². The zero-order valence-electron chi connectivity index (χ0n) is 14.6. The first-order chi connectivity index (χ1) is 11.3. The number of nitrogens with one attached hydrogen (secondary N) is 1. The summed E-state index contributed by atoms with van der Waals surface area (Å²) < 4.78 is 22.9. The van der Waals surface area contributed by atoms with Gasteiger partial charge in [0.05, 0.1) is 0 Å². The topological polar surface area (TPSA) is 69.7 Å². The maximum atomic E-state index is 12.0. The van der Waals surface area contributed by atoms with Crippen molar-refractivity contribution in [2.75, 3.05) is 43.9 Å². The molecule has 1 fully saturated rings. The summed E-state index contributed by atoms with van der Waals surface area (Å²) >= 11 is 0. The van der Waals surface area contributed by atoms with Crippen molar-refractivity contribution >= 4 is 21.4 Å². The van der Waals surface area contributed by atoms with Crippen molar-refractivity contribution in [2.24, 2.45) is 0 Å². The Hall–Kier alpha value is -1.60. The van der Waals surface area contributed by atoms with Crippen LogP contribution in [0.5, 0.6) is 0 Å². The molecule has 24 heavy (non-hydrogen) atoms. The molecule has 0 spiro atoms. The number of hydrogen-bond acceptors (Lipinski definition) is 5. The van der Waals surface area contributed by atoms with Crippen molar-refractivity contribution in [3.8, 4) is 0 Å². The van der Waals surface area contributed by atoms with Crippen molar-refractivity contribution in [1.82, 2.24) is 10.2 Å². The van der Waals surface area contributed by atoms with E-state index in [0.29, 0.717) is 0 Å². The highest BCUT2D eigenvalue weighted by molar-refractivity contribution is 7.92. The molecule has 1 aromatic carbocycles. The quantitative estimate of drug-likeness (QED) is 0.817. The van der Waals surface area contributed by atoms with E-state index in [1.165, 1.54) is 12.6 Å². The molecule has 0 bridgehead atoms. The van der Waals surface area contributed by atoms with Gasteiger partial charge in [0.2, 0.25) is 5.91 Å². The maximum Gasteiger partial charge on any atom is 0.238 e.